The van der Waals surface area contributed by atoms with Gasteiger partial charge in [-0.1, -0.05) is 97.3 Å². The minimum absolute atomic E-state index is 0.0279. The normalized spacial score (nSPS) is 10.7. The molecule has 0 bridgehead atoms. The standard InChI is InChI=1S/C24H47NO4/c1-4-7-9-10-11-12-13-14-15-16-17-18-19-21-28-23(26)22-25(6-3)24(27)29-20-8-5-2/h4-22H2,1-3H3. The summed E-state index contributed by atoms with van der Waals surface area (Å²) < 4.78 is 10.4. The zero-order chi connectivity index (χ0) is 21.6. The maximum absolute atomic E-state index is 11.9. The van der Waals surface area contributed by atoms with Crippen LogP contribution in [-0.4, -0.2) is 43.3 Å². The first kappa shape index (κ1) is 27.7. The van der Waals surface area contributed by atoms with Crippen molar-refractivity contribution >= 4 is 12.1 Å². The number of likely N-dealkylation sites (N-methyl/N-ethyl adjacent to an activating group) is 1. The number of carbonyl (C=O) groups excluding carboxylic acids is 2. The van der Waals surface area contributed by atoms with Gasteiger partial charge in [-0.2, -0.15) is 0 Å². The van der Waals surface area contributed by atoms with Crippen LogP contribution in [0.1, 0.15) is 117 Å². The van der Waals surface area contributed by atoms with Crippen molar-refractivity contribution < 1.29 is 19.1 Å². The van der Waals surface area contributed by atoms with Gasteiger partial charge in [0, 0.05) is 6.54 Å². The van der Waals surface area contributed by atoms with Crippen molar-refractivity contribution in [2.24, 2.45) is 0 Å². The van der Waals surface area contributed by atoms with Gasteiger partial charge < -0.3 is 9.47 Å². The Morgan fingerprint density at radius 3 is 1.52 bits per heavy atom. The van der Waals surface area contributed by atoms with E-state index in [1.165, 1.54) is 75.5 Å². The van der Waals surface area contributed by atoms with Crippen molar-refractivity contribution in [3.8, 4) is 0 Å². The molecule has 5 heteroatoms. The fourth-order valence-corrected chi connectivity index (χ4v) is 3.21. The van der Waals surface area contributed by atoms with E-state index in [0.29, 0.717) is 19.8 Å². The minimum Gasteiger partial charge on any atom is -0.464 e. The lowest BCUT2D eigenvalue weighted by Crippen LogP contribution is -2.37. The third-order valence-electron chi connectivity index (χ3n) is 5.19. The van der Waals surface area contributed by atoms with Gasteiger partial charge in [-0.25, -0.2) is 4.79 Å². The smallest absolute Gasteiger partial charge is 0.410 e. The van der Waals surface area contributed by atoms with Gasteiger partial charge in [0.15, 0.2) is 0 Å². The molecule has 0 aromatic rings. The molecular formula is C24H47NO4. The van der Waals surface area contributed by atoms with Crippen LogP contribution in [0.15, 0.2) is 0 Å². The van der Waals surface area contributed by atoms with Crippen molar-refractivity contribution in [3.63, 3.8) is 0 Å². The quantitative estimate of drug-likeness (QED) is 0.161. The number of amides is 1. The Hall–Kier alpha value is -1.26. The van der Waals surface area contributed by atoms with Crippen LogP contribution in [0.5, 0.6) is 0 Å². The van der Waals surface area contributed by atoms with Crippen molar-refractivity contribution in [1.29, 1.82) is 0 Å². The van der Waals surface area contributed by atoms with Crippen molar-refractivity contribution in [3.05, 3.63) is 0 Å². The Morgan fingerprint density at radius 2 is 1.03 bits per heavy atom. The predicted molar refractivity (Wildman–Crippen MR) is 120 cm³/mol. The molecule has 1 amide bonds. The number of esters is 1. The van der Waals surface area contributed by atoms with Gasteiger partial charge in [0.25, 0.3) is 0 Å². The van der Waals surface area contributed by atoms with Crippen LogP contribution < -0.4 is 0 Å². The lowest BCUT2D eigenvalue weighted by molar-refractivity contribution is -0.144. The number of rotatable bonds is 20. The van der Waals surface area contributed by atoms with Gasteiger partial charge in [0.2, 0.25) is 0 Å². The van der Waals surface area contributed by atoms with E-state index >= 15 is 0 Å². The van der Waals surface area contributed by atoms with Gasteiger partial charge in [-0.15, -0.1) is 0 Å². The summed E-state index contributed by atoms with van der Waals surface area (Å²) in [6.07, 6.45) is 18.2. The summed E-state index contributed by atoms with van der Waals surface area (Å²) >= 11 is 0. The van der Waals surface area contributed by atoms with Crippen LogP contribution in [-0.2, 0) is 14.3 Å². The number of hydrogen-bond acceptors (Lipinski definition) is 4. The Labute approximate surface area is 179 Å². The summed E-state index contributed by atoms with van der Waals surface area (Å²) in [6, 6.07) is 0. The molecule has 0 aliphatic carbocycles. The number of unbranched alkanes of at least 4 members (excludes halogenated alkanes) is 13. The first-order valence-electron chi connectivity index (χ1n) is 12.2. The predicted octanol–water partition coefficient (Wildman–Crippen LogP) is 6.88. The number of carbonyl (C=O) groups is 2. The second-order valence-corrected chi connectivity index (χ2v) is 7.95. The molecule has 5 nitrogen and oxygen atoms in total. The molecule has 0 saturated carbocycles. The highest BCUT2D eigenvalue weighted by Crippen LogP contribution is 2.12. The van der Waals surface area contributed by atoms with Gasteiger partial charge in [-0.05, 0) is 19.8 Å². The SMILES string of the molecule is CCCCCCCCCCCCCCCOC(=O)CN(CC)C(=O)OCCCC. The Bertz CT molecular complexity index is 387. The van der Waals surface area contributed by atoms with Crippen molar-refractivity contribution in [1.82, 2.24) is 4.90 Å². The Balaban J connectivity index is 3.49. The molecule has 0 aliphatic heterocycles. The van der Waals surface area contributed by atoms with Crippen LogP contribution in [0.25, 0.3) is 0 Å². The highest BCUT2D eigenvalue weighted by Gasteiger charge is 2.17. The minimum atomic E-state index is -0.432. The molecule has 0 fully saturated rings. The first-order chi connectivity index (χ1) is 14.2. The van der Waals surface area contributed by atoms with E-state index in [0.717, 1.165) is 25.7 Å². The first-order valence-corrected chi connectivity index (χ1v) is 12.2. The third-order valence-corrected chi connectivity index (χ3v) is 5.19. The maximum atomic E-state index is 11.9. The molecule has 0 radical (unpaired) electrons. The molecule has 0 aromatic heterocycles. The number of nitrogens with zero attached hydrogens (tertiary/aromatic N) is 1. The molecule has 172 valence electrons. The molecule has 0 aromatic carbocycles. The second kappa shape index (κ2) is 21.4. The van der Waals surface area contributed by atoms with Crippen LogP contribution in [0.2, 0.25) is 0 Å². The largest absolute Gasteiger partial charge is 0.464 e. The van der Waals surface area contributed by atoms with Gasteiger partial charge in [0.05, 0.1) is 13.2 Å². The molecule has 0 rings (SSSR count). The van der Waals surface area contributed by atoms with E-state index in [1.807, 2.05) is 13.8 Å². The van der Waals surface area contributed by atoms with Gasteiger partial charge in [-0.3, -0.25) is 9.69 Å². The fraction of sp³-hybridized carbons (Fsp3) is 0.917. The molecule has 0 N–H and O–H groups in total. The monoisotopic (exact) mass is 413 g/mol. The van der Waals surface area contributed by atoms with E-state index < -0.39 is 6.09 Å². The number of ether oxygens (including phenoxy) is 2. The zero-order valence-electron chi connectivity index (χ0n) is 19.5. The van der Waals surface area contributed by atoms with E-state index in [1.54, 1.807) is 0 Å². The summed E-state index contributed by atoms with van der Waals surface area (Å²) in [7, 11) is 0. The summed E-state index contributed by atoms with van der Waals surface area (Å²) in [6.45, 7) is 7.40. The van der Waals surface area contributed by atoms with Crippen LogP contribution in [0, 0.1) is 0 Å². The topological polar surface area (TPSA) is 55.8 Å². The van der Waals surface area contributed by atoms with E-state index in [2.05, 4.69) is 6.92 Å². The summed E-state index contributed by atoms with van der Waals surface area (Å²) in [4.78, 5) is 25.2. The molecular weight excluding hydrogens is 366 g/mol. The fourth-order valence-electron chi connectivity index (χ4n) is 3.21. The molecule has 0 heterocycles. The zero-order valence-corrected chi connectivity index (χ0v) is 19.5. The average molecular weight is 414 g/mol. The number of hydrogen-bond donors (Lipinski definition) is 0. The summed E-state index contributed by atoms with van der Waals surface area (Å²) in [5.74, 6) is -0.349. The lowest BCUT2D eigenvalue weighted by Gasteiger charge is -2.19. The summed E-state index contributed by atoms with van der Waals surface area (Å²) in [5, 5.41) is 0. The Morgan fingerprint density at radius 1 is 0.586 bits per heavy atom. The third kappa shape index (κ3) is 18.5. The van der Waals surface area contributed by atoms with Crippen LogP contribution in [0.4, 0.5) is 4.79 Å². The highest BCUT2D eigenvalue weighted by molar-refractivity contribution is 5.78. The van der Waals surface area contributed by atoms with Crippen molar-refractivity contribution in [2.45, 2.75) is 117 Å². The molecule has 0 aliphatic rings. The second-order valence-electron chi connectivity index (χ2n) is 7.95. The van der Waals surface area contributed by atoms with E-state index in [-0.39, 0.29) is 12.5 Å². The van der Waals surface area contributed by atoms with E-state index in [4.69, 9.17) is 9.47 Å². The van der Waals surface area contributed by atoms with Crippen LogP contribution in [0.3, 0.4) is 0 Å². The highest BCUT2D eigenvalue weighted by atomic mass is 16.6. The van der Waals surface area contributed by atoms with Crippen molar-refractivity contribution in [2.75, 3.05) is 26.3 Å². The molecule has 29 heavy (non-hydrogen) atoms. The average Bonchev–Trinajstić information content (AvgIpc) is 2.72. The molecule has 0 spiro atoms. The maximum Gasteiger partial charge on any atom is 0.410 e. The van der Waals surface area contributed by atoms with E-state index in [9.17, 15) is 9.59 Å². The lowest BCUT2D eigenvalue weighted by atomic mass is 10.0. The molecule has 0 atom stereocenters. The van der Waals surface area contributed by atoms with Gasteiger partial charge >= 0.3 is 12.1 Å². The molecule has 0 saturated heterocycles. The van der Waals surface area contributed by atoms with Gasteiger partial charge in [0.1, 0.15) is 6.54 Å². The summed E-state index contributed by atoms with van der Waals surface area (Å²) in [5.41, 5.74) is 0. The van der Waals surface area contributed by atoms with Crippen LogP contribution >= 0.6 is 0 Å². The Kier molecular flexibility index (Phi) is 20.5. The molecule has 0 unspecified atom stereocenters.